The van der Waals surface area contributed by atoms with Gasteiger partial charge in [0, 0.05) is 11.1 Å². The summed E-state index contributed by atoms with van der Waals surface area (Å²) >= 11 is 1.62. The van der Waals surface area contributed by atoms with Crippen molar-refractivity contribution in [3.8, 4) is 0 Å². The van der Waals surface area contributed by atoms with Crippen LogP contribution >= 0.6 is 11.3 Å². The molecule has 0 saturated heterocycles. The third kappa shape index (κ3) is 2.09. The van der Waals surface area contributed by atoms with Crippen molar-refractivity contribution in [2.45, 2.75) is 19.9 Å². The predicted octanol–water partition coefficient (Wildman–Crippen LogP) is 3.50. The zero-order valence-corrected chi connectivity index (χ0v) is 11.1. The van der Waals surface area contributed by atoms with E-state index < -0.39 is 0 Å². The molecule has 0 radical (unpaired) electrons. The molecule has 2 N–H and O–H groups in total. The van der Waals surface area contributed by atoms with Crippen LogP contribution in [0.4, 0.5) is 5.69 Å². The number of fused-ring (bicyclic) bond motifs is 1. The number of anilines is 1. The van der Waals surface area contributed by atoms with Crippen molar-refractivity contribution in [3.63, 3.8) is 0 Å². The Morgan fingerprint density at radius 2 is 2.28 bits per heavy atom. The molecule has 3 aromatic rings. The molecule has 0 spiro atoms. The zero-order valence-electron chi connectivity index (χ0n) is 10.3. The van der Waals surface area contributed by atoms with Gasteiger partial charge in [-0.15, -0.1) is 11.3 Å². The highest BCUT2D eigenvalue weighted by molar-refractivity contribution is 7.07. The Kier molecular flexibility index (Phi) is 2.76. The van der Waals surface area contributed by atoms with Gasteiger partial charge in [0.25, 0.3) is 0 Å². The van der Waals surface area contributed by atoms with Gasteiger partial charge in [-0.3, -0.25) is 0 Å². The molecule has 2 aromatic heterocycles. The summed E-state index contributed by atoms with van der Waals surface area (Å²) in [5, 5.41) is 5.51. The van der Waals surface area contributed by atoms with Gasteiger partial charge >= 0.3 is 0 Å². The molecule has 0 bridgehead atoms. The second-order valence-corrected chi connectivity index (χ2v) is 5.05. The highest BCUT2D eigenvalue weighted by Crippen LogP contribution is 2.22. The minimum Gasteiger partial charge on any atom is -0.377 e. The zero-order chi connectivity index (χ0) is 12.5. The van der Waals surface area contributed by atoms with Crippen LogP contribution in [0.1, 0.15) is 24.5 Å². The van der Waals surface area contributed by atoms with E-state index in [1.165, 1.54) is 0 Å². The minimum atomic E-state index is 0.206. The van der Waals surface area contributed by atoms with Gasteiger partial charge in [0.2, 0.25) is 0 Å². The molecule has 92 valence electrons. The van der Waals surface area contributed by atoms with Gasteiger partial charge in [0.1, 0.15) is 5.82 Å². The van der Waals surface area contributed by atoms with Crippen molar-refractivity contribution < 1.29 is 0 Å². The number of thiazole rings is 1. The van der Waals surface area contributed by atoms with Gasteiger partial charge in [-0.2, -0.15) is 0 Å². The number of aromatic nitrogens is 3. The second-order valence-electron chi connectivity index (χ2n) is 4.33. The maximum Gasteiger partial charge on any atom is 0.104 e. The van der Waals surface area contributed by atoms with Crippen molar-refractivity contribution in [1.82, 2.24) is 15.0 Å². The molecular weight excluding hydrogens is 244 g/mol. The van der Waals surface area contributed by atoms with Crippen LogP contribution in [0, 0.1) is 6.92 Å². The topological polar surface area (TPSA) is 53.6 Å². The summed E-state index contributed by atoms with van der Waals surface area (Å²) in [7, 11) is 0. The van der Waals surface area contributed by atoms with Crippen LogP contribution in [0.5, 0.6) is 0 Å². The SMILES string of the molecule is Cc1nc2ccc(NC(C)c3cscn3)cc2[nH]1. The Balaban J connectivity index is 1.86. The molecule has 2 heterocycles. The average Bonchev–Trinajstić information content (AvgIpc) is 2.95. The number of aromatic amines is 1. The van der Waals surface area contributed by atoms with Crippen LogP contribution in [-0.2, 0) is 0 Å². The van der Waals surface area contributed by atoms with E-state index in [2.05, 4.69) is 38.6 Å². The lowest BCUT2D eigenvalue weighted by Gasteiger charge is -2.12. The molecule has 0 aliphatic rings. The molecule has 0 aliphatic carbocycles. The molecule has 1 atom stereocenters. The maximum atomic E-state index is 4.39. The molecule has 0 saturated carbocycles. The lowest BCUT2D eigenvalue weighted by molar-refractivity contribution is 0.850. The van der Waals surface area contributed by atoms with Gasteiger partial charge in [-0.1, -0.05) is 0 Å². The maximum absolute atomic E-state index is 4.39. The van der Waals surface area contributed by atoms with Gasteiger partial charge in [0.15, 0.2) is 0 Å². The van der Waals surface area contributed by atoms with E-state index in [4.69, 9.17) is 0 Å². The first-order valence-corrected chi connectivity index (χ1v) is 6.77. The number of aryl methyl sites for hydroxylation is 1. The number of hydrogen-bond acceptors (Lipinski definition) is 4. The minimum absolute atomic E-state index is 0.206. The summed E-state index contributed by atoms with van der Waals surface area (Å²) in [5.74, 6) is 0.940. The number of hydrogen-bond donors (Lipinski definition) is 2. The molecule has 4 nitrogen and oxygen atoms in total. The van der Waals surface area contributed by atoms with Gasteiger partial charge < -0.3 is 10.3 Å². The molecule has 0 aliphatic heterocycles. The van der Waals surface area contributed by atoms with Crippen LogP contribution in [0.15, 0.2) is 29.1 Å². The smallest absolute Gasteiger partial charge is 0.104 e. The van der Waals surface area contributed by atoms with Crippen LogP contribution < -0.4 is 5.32 Å². The quantitative estimate of drug-likeness (QED) is 0.756. The molecule has 1 unspecified atom stereocenters. The van der Waals surface area contributed by atoms with Crippen molar-refractivity contribution in [3.05, 3.63) is 40.6 Å². The molecule has 3 rings (SSSR count). The second kappa shape index (κ2) is 4.42. The lowest BCUT2D eigenvalue weighted by Crippen LogP contribution is -2.06. The molecule has 5 heteroatoms. The largest absolute Gasteiger partial charge is 0.377 e. The average molecular weight is 258 g/mol. The monoisotopic (exact) mass is 258 g/mol. The van der Waals surface area contributed by atoms with Gasteiger partial charge in [0.05, 0.1) is 28.3 Å². The number of H-pyrrole nitrogens is 1. The standard InChI is InChI=1S/C13H14N4S/c1-8(13-6-18-7-14-13)15-10-3-4-11-12(5-10)17-9(2)16-11/h3-8,15H,1-2H3,(H,16,17). The fourth-order valence-corrected chi connectivity index (χ4v) is 2.63. The number of imidazole rings is 1. The van der Waals surface area contributed by atoms with Gasteiger partial charge in [-0.25, -0.2) is 9.97 Å². The summed E-state index contributed by atoms with van der Waals surface area (Å²) in [5.41, 5.74) is 6.06. The Hall–Kier alpha value is -1.88. The van der Waals surface area contributed by atoms with E-state index >= 15 is 0 Å². The van der Waals surface area contributed by atoms with E-state index in [1.54, 1.807) is 11.3 Å². The first-order chi connectivity index (χ1) is 8.72. The Morgan fingerprint density at radius 1 is 1.39 bits per heavy atom. The highest BCUT2D eigenvalue weighted by atomic mass is 32.1. The van der Waals surface area contributed by atoms with E-state index in [0.29, 0.717) is 0 Å². The lowest BCUT2D eigenvalue weighted by atomic mass is 10.2. The number of benzene rings is 1. The fourth-order valence-electron chi connectivity index (χ4n) is 1.99. The summed E-state index contributed by atoms with van der Waals surface area (Å²) in [6.07, 6.45) is 0. The van der Waals surface area contributed by atoms with Crippen molar-refractivity contribution in [2.24, 2.45) is 0 Å². The van der Waals surface area contributed by atoms with Crippen molar-refractivity contribution in [1.29, 1.82) is 0 Å². The van der Waals surface area contributed by atoms with E-state index in [1.807, 2.05) is 24.6 Å². The predicted molar refractivity (Wildman–Crippen MR) is 75.0 cm³/mol. The van der Waals surface area contributed by atoms with Crippen molar-refractivity contribution >= 4 is 28.1 Å². The van der Waals surface area contributed by atoms with Crippen molar-refractivity contribution in [2.75, 3.05) is 5.32 Å². The van der Waals surface area contributed by atoms with E-state index in [9.17, 15) is 0 Å². The number of rotatable bonds is 3. The van der Waals surface area contributed by atoms with Crippen LogP contribution in [0.2, 0.25) is 0 Å². The molecular formula is C13H14N4S. The number of nitrogens with zero attached hydrogens (tertiary/aromatic N) is 2. The highest BCUT2D eigenvalue weighted by Gasteiger charge is 2.08. The summed E-state index contributed by atoms with van der Waals surface area (Å²) in [6.45, 7) is 4.07. The third-order valence-electron chi connectivity index (χ3n) is 2.88. The summed E-state index contributed by atoms with van der Waals surface area (Å²) in [4.78, 5) is 11.9. The summed E-state index contributed by atoms with van der Waals surface area (Å²) in [6, 6.07) is 6.36. The van der Waals surface area contributed by atoms with E-state index in [0.717, 1.165) is 28.2 Å². The first kappa shape index (κ1) is 11.2. The molecule has 18 heavy (non-hydrogen) atoms. The third-order valence-corrected chi connectivity index (χ3v) is 3.48. The Bertz CT molecular complexity index is 657. The molecule has 0 amide bonds. The van der Waals surface area contributed by atoms with Crippen LogP contribution in [-0.4, -0.2) is 15.0 Å². The number of nitrogens with one attached hydrogen (secondary N) is 2. The van der Waals surface area contributed by atoms with E-state index in [-0.39, 0.29) is 6.04 Å². The van der Waals surface area contributed by atoms with Gasteiger partial charge in [-0.05, 0) is 32.0 Å². The fraction of sp³-hybridized carbons (Fsp3) is 0.231. The van der Waals surface area contributed by atoms with Crippen LogP contribution in [0.3, 0.4) is 0 Å². The molecule has 0 fully saturated rings. The Labute approximate surface area is 109 Å². The van der Waals surface area contributed by atoms with Crippen LogP contribution in [0.25, 0.3) is 11.0 Å². The molecule has 1 aromatic carbocycles. The normalized spacial score (nSPS) is 12.8. The first-order valence-electron chi connectivity index (χ1n) is 5.83. The summed E-state index contributed by atoms with van der Waals surface area (Å²) < 4.78 is 0. The Morgan fingerprint density at radius 3 is 3.06 bits per heavy atom.